The summed E-state index contributed by atoms with van der Waals surface area (Å²) in [5.74, 6) is -0.414. The number of phenolic OH excluding ortho intramolecular Hbond substituents is 2. The second-order valence-corrected chi connectivity index (χ2v) is 8.98. The van der Waals surface area contributed by atoms with E-state index in [1.54, 1.807) is 6.07 Å². The van der Waals surface area contributed by atoms with Crippen LogP contribution >= 0.6 is 0 Å². The van der Waals surface area contributed by atoms with Gasteiger partial charge >= 0.3 is 0 Å². The number of phenols is 2. The number of nitrogens with zero attached hydrogens (tertiary/aromatic N) is 3. The van der Waals surface area contributed by atoms with E-state index in [9.17, 15) is 20.3 Å². The average molecular weight is 491 g/mol. The van der Waals surface area contributed by atoms with Gasteiger partial charge in [-0.2, -0.15) is 5.26 Å². The topological polar surface area (TPSA) is 132 Å². The van der Waals surface area contributed by atoms with Crippen molar-refractivity contribution < 1.29 is 24.3 Å². The number of amides is 1. The molecule has 0 saturated carbocycles. The fraction of sp³-hybridized carbons (Fsp3) is 0.370. The minimum absolute atomic E-state index is 0.0130. The summed E-state index contributed by atoms with van der Waals surface area (Å²) in [6.07, 6.45) is 0. The van der Waals surface area contributed by atoms with Crippen molar-refractivity contribution in [1.29, 1.82) is 5.26 Å². The lowest BCUT2D eigenvalue weighted by molar-refractivity contribution is 0.0266. The number of carbonyl (C=O) groups is 1. The number of aromatic hydroxyl groups is 2. The van der Waals surface area contributed by atoms with E-state index in [-0.39, 0.29) is 28.9 Å². The fourth-order valence-electron chi connectivity index (χ4n) is 4.41. The van der Waals surface area contributed by atoms with Gasteiger partial charge in [0.1, 0.15) is 17.5 Å². The molecule has 1 amide bonds. The van der Waals surface area contributed by atoms with E-state index in [1.165, 1.54) is 6.07 Å². The van der Waals surface area contributed by atoms with Gasteiger partial charge in [-0.1, -0.05) is 43.3 Å². The van der Waals surface area contributed by atoms with Gasteiger partial charge in [-0.3, -0.25) is 9.69 Å². The van der Waals surface area contributed by atoms with Crippen LogP contribution in [0, 0.1) is 11.3 Å². The minimum Gasteiger partial charge on any atom is -0.508 e. The van der Waals surface area contributed by atoms with E-state index < -0.39 is 11.9 Å². The zero-order valence-corrected chi connectivity index (χ0v) is 20.6. The maximum atomic E-state index is 12.8. The van der Waals surface area contributed by atoms with Crippen molar-refractivity contribution in [3.8, 4) is 40.0 Å². The van der Waals surface area contributed by atoms with Crippen LogP contribution in [0.15, 0.2) is 40.9 Å². The summed E-state index contributed by atoms with van der Waals surface area (Å²) in [6, 6.07) is 12.2. The molecule has 1 saturated heterocycles. The van der Waals surface area contributed by atoms with Gasteiger partial charge in [0, 0.05) is 25.7 Å². The highest BCUT2D eigenvalue weighted by molar-refractivity contribution is 6.02. The molecular formula is C27H30N4O5. The van der Waals surface area contributed by atoms with Crippen LogP contribution < -0.4 is 5.32 Å². The molecule has 36 heavy (non-hydrogen) atoms. The normalized spacial score (nSPS) is 15.0. The lowest BCUT2D eigenvalue weighted by Crippen LogP contribution is -2.38. The van der Waals surface area contributed by atoms with Gasteiger partial charge in [-0.25, -0.2) is 0 Å². The van der Waals surface area contributed by atoms with Gasteiger partial charge < -0.3 is 24.8 Å². The van der Waals surface area contributed by atoms with Gasteiger partial charge in [0.25, 0.3) is 5.91 Å². The highest BCUT2D eigenvalue weighted by Gasteiger charge is 2.28. The van der Waals surface area contributed by atoms with Gasteiger partial charge in [0.15, 0.2) is 11.5 Å². The standard InChI is InChI=1S/C27H30N4O5/c1-4-29-27(34)25-24(26(36-30-25)20-13-19(16(2)3)22(32)14-23(20)33)18-7-5-17(6-8-18)21(15-28)31-9-11-35-12-10-31/h5-8,13-14,16,21,32-33H,4,9-12H2,1-3H3,(H,29,34). The molecule has 0 bridgehead atoms. The van der Waals surface area contributed by atoms with Crippen LogP contribution in [0.2, 0.25) is 0 Å². The summed E-state index contributed by atoms with van der Waals surface area (Å²) in [5, 5.41) is 37.6. The van der Waals surface area contributed by atoms with Crippen LogP contribution in [-0.2, 0) is 4.74 Å². The Labute approximate surface area is 209 Å². The molecule has 3 N–H and O–H groups in total. The van der Waals surface area contributed by atoms with Crippen molar-refractivity contribution in [1.82, 2.24) is 15.4 Å². The van der Waals surface area contributed by atoms with Crippen molar-refractivity contribution in [3.63, 3.8) is 0 Å². The summed E-state index contributed by atoms with van der Waals surface area (Å²) < 4.78 is 11.0. The highest BCUT2D eigenvalue weighted by Crippen LogP contribution is 2.43. The SMILES string of the molecule is CCNC(=O)c1noc(-c2cc(C(C)C)c(O)cc2O)c1-c1ccc(C(C#N)N2CCOCC2)cc1. The first-order valence-electron chi connectivity index (χ1n) is 12.0. The summed E-state index contributed by atoms with van der Waals surface area (Å²) in [7, 11) is 0. The zero-order chi connectivity index (χ0) is 25.8. The summed E-state index contributed by atoms with van der Waals surface area (Å²) in [4.78, 5) is 14.9. The van der Waals surface area contributed by atoms with Crippen LogP contribution in [0.4, 0.5) is 0 Å². The first kappa shape index (κ1) is 25.2. The monoisotopic (exact) mass is 490 g/mol. The predicted octanol–water partition coefficient (Wildman–Crippen LogP) is 4.19. The van der Waals surface area contributed by atoms with Gasteiger partial charge in [0.05, 0.1) is 30.4 Å². The Bertz CT molecular complexity index is 1270. The molecule has 0 radical (unpaired) electrons. The number of ether oxygens (including phenoxy) is 1. The molecule has 0 spiro atoms. The Morgan fingerprint density at radius 3 is 2.47 bits per heavy atom. The zero-order valence-electron chi connectivity index (χ0n) is 20.6. The molecule has 2 aromatic carbocycles. The quantitative estimate of drug-likeness (QED) is 0.449. The molecule has 1 unspecified atom stereocenters. The number of nitriles is 1. The Kier molecular flexibility index (Phi) is 7.58. The smallest absolute Gasteiger partial charge is 0.274 e. The molecule has 188 valence electrons. The van der Waals surface area contributed by atoms with Crippen molar-refractivity contribution in [3.05, 3.63) is 53.2 Å². The van der Waals surface area contributed by atoms with Crippen LogP contribution in [0.3, 0.4) is 0 Å². The Morgan fingerprint density at radius 1 is 1.17 bits per heavy atom. The highest BCUT2D eigenvalue weighted by atomic mass is 16.5. The number of hydrogen-bond acceptors (Lipinski definition) is 8. The van der Waals surface area contributed by atoms with Gasteiger partial charge in [0.2, 0.25) is 0 Å². The molecule has 0 aliphatic carbocycles. The maximum Gasteiger partial charge on any atom is 0.274 e. The summed E-state index contributed by atoms with van der Waals surface area (Å²) in [6.45, 7) is 8.60. The van der Waals surface area contributed by atoms with E-state index in [4.69, 9.17) is 9.26 Å². The average Bonchev–Trinajstić information content (AvgIpc) is 3.30. The molecule has 1 fully saturated rings. The molecule has 1 aromatic heterocycles. The summed E-state index contributed by atoms with van der Waals surface area (Å²) >= 11 is 0. The number of hydrogen-bond donors (Lipinski definition) is 3. The van der Waals surface area contributed by atoms with E-state index in [0.717, 1.165) is 5.56 Å². The molecule has 1 aliphatic rings. The molecule has 4 rings (SSSR count). The van der Waals surface area contributed by atoms with Crippen LogP contribution in [-0.4, -0.2) is 59.0 Å². The first-order chi connectivity index (χ1) is 17.3. The maximum absolute atomic E-state index is 12.8. The Hall–Kier alpha value is -3.87. The Morgan fingerprint density at radius 2 is 1.86 bits per heavy atom. The minimum atomic E-state index is -0.414. The third kappa shape index (κ3) is 4.91. The number of nitrogens with one attached hydrogen (secondary N) is 1. The second-order valence-electron chi connectivity index (χ2n) is 8.98. The lowest BCUT2D eigenvalue weighted by Gasteiger charge is -2.30. The van der Waals surface area contributed by atoms with Crippen LogP contribution in [0.1, 0.15) is 54.3 Å². The van der Waals surface area contributed by atoms with Crippen molar-refractivity contribution >= 4 is 5.91 Å². The third-order valence-electron chi connectivity index (χ3n) is 6.30. The fourth-order valence-corrected chi connectivity index (χ4v) is 4.41. The van der Waals surface area contributed by atoms with Gasteiger partial charge in [-0.15, -0.1) is 0 Å². The molecule has 9 heteroatoms. The van der Waals surface area contributed by atoms with E-state index in [2.05, 4.69) is 21.4 Å². The van der Waals surface area contributed by atoms with Crippen molar-refractivity contribution in [2.75, 3.05) is 32.8 Å². The number of benzene rings is 2. The predicted molar refractivity (Wildman–Crippen MR) is 134 cm³/mol. The number of morpholine rings is 1. The van der Waals surface area contributed by atoms with E-state index >= 15 is 0 Å². The van der Waals surface area contributed by atoms with Crippen LogP contribution in [0.25, 0.3) is 22.5 Å². The third-order valence-corrected chi connectivity index (χ3v) is 6.30. The van der Waals surface area contributed by atoms with E-state index in [0.29, 0.717) is 55.1 Å². The molecular weight excluding hydrogens is 460 g/mol. The number of carbonyl (C=O) groups excluding carboxylic acids is 1. The lowest BCUT2D eigenvalue weighted by atomic mass is 9.93. The van der Waals surface area contributed by atoms with E-state index in [1.807, 2.05) is 45.0 Å². The molecule has 1 atom stereocenters. The van der Waals surface area contributed by atoms with Crippen LogP contribution in [0.5, 0.6) is 11.5 Å². The van der Waals surface area contributed by atoms with Crippen molar-refractivity contribution in [2.45, 2.75) is 32.7 Å². The molecule has 9 nitrogen and oxygen atoms in total. The number of aromatic nitrogens is 1. The first-order valence-corrected chi connectivity index (χ1v) is 12.0. The molecule has 1 aliphatic heterocycles. The summed E-state index contributed by atoms with van der Waals surface area (Å²) in [5.41, 5.74) is 2.93. The van der Waals surface area contributed by atoms with Crippen molar-refractivity contribution in [2.24, 2.45) is 0 Å². The molecule has 2 heterocycles. The largest absolute Gasteiger partial charge is 0.508 e. The second kappa shape index (κ2) is 10.8. The van der Waals surface area contributed by atoms with Gasteiger partial charge in [-0.05, 0) is 35.6 Å². The number of rotatable bonds is 7. The molecule has 3 aromatic rings. The Balaban J connectivity index is 1.80.